The van der Waals surface area contributed by atoms with Crippen molar-refractivity contribution in [3.05, 3.63) is 53.3 Å². The van der Waals surface area contributed by atoms with Crippen LogP contribution in [-0.4, -0.2) is 19.8 Å². The zero-order valence-electron chi connectivity index (χ0n) is 9.75. The van der Waals surface area contributed by atoms with E-state index in [1.54, 1.807) is 17.1 Å². The Hall–Kier alpha value is -1.98. The van der Waals surface area contributed by atoms with Gasteiger partial charge in [-0.25, -0.2) is 9.67 Å². The number of para-hydroxylation sites is 1. The van der Waals surface area contributed by atoms with Crippen LogP contribution >= 0.6 is 23.8 Å². The molecule has 0 radical (unpaired) electrons. The van der Waals surface area contributed by atoms with E-state index >= 15 is 0 Å². The van der Waals surface area contributed by atoms with Gasteiger partial charge in [-0.15, -0.1) is 0 Å². The van der Waals surface area contributed by atoms with Gasteiger partial charge in [0, 0.05) is 10.9 Å². The minimum atomic E-state index is 0.332. The summed E-state index contributed by atoms with van der Waals surface area (Å²) in [7, 11) is 0. The summed E-state index contributed by atoms with van der Waals surface area (Å²) in [6, 6.07) is 9.51. The van der Waals surface area contributed by atoms with E-state index in [2.05, 4.69) is 10.1 Å². The largest absolute Gasteiger partial charge is 0.389 e. The first-order chi connectivity index (χ1) is 9.15. The first-order valence-electron chi connectivity index (χ1n) is 5.55. The molecule has 0 bridgehead atoms. The molecular formula is C13H9ClN4S. The quantitative estimate of drug-likeness (QED) is 0.737. The van der Waals surface area contributed by atoms with Crippen LogP contribution in [0.2, 0.25) is 5.02 Å². The second-order valence-electron chi connectivity index (χ2n) is 4.01. The van der Waals surface area contributed by atoms with Crippen LogP contribution in [-0.2, 0) is 0 Å². The molecule has 0 saturated carbocycles. The number of nitrogens with two attached hydrogens (primary N) is 1. The molecule has 0 aliphatic carbocycles. The number of rotatable bonds is 2. The first-order valence-corrected chi connectivity index (χ1v) is 6.34. The van der Waals surface area contributed by atoms with E-state index in [-0.39, 0.29) is 0 Å². The molecule has 0 unspecified atom stereocenters. The van der Waals surface area contributed by atoms with Crippen molar-refractivity contribution in [3.63, 3.8) is 0 Å². The summed E-state index contributed by atoms with van der Waals surface area (Å²) in [6.45, 7) is 0. The first kappa shape index (κ1) is 12.1. The Balaban J connectivity index is 2.30. The van der Waals surface area contributed by atoms with E-state index in [0.717, 1.165) is 16.5 Å². The van der Waals surface area contributed by atoms with Crippen LogP contribution in [0.25, 0.3) is 16.7 Å². The maximum Gasteiger partial charge on any atom is 0.154 e. The van der Waals surface area contributed by atoms with Crippen molar-refractivity contribution in [2.24, 2.45) is 5.73 Å². The molecule has 0 atom stereocenters. The summed E-state index contributed by atoms with van der Waals surface area (Å²) in [5.74, 6) is 0.633. The average molecular weight is 289 g/mol. The normalized spacial score (nSPS) is 10.8. The Morgan fingerprint density at radius 1 is 1.32 bits per heavy atom. The Bertz CT molecular complexity index is 781. The molecule has 1 aromatic carbocycles. The number of nitrogens with zero attached hydrogens (tertiary/aromatic N) is 3. The monoisotopic (exact) mass is 288 g/mol. The standard InChI is InChI=1S/C13H9ClN4S/c14-8-6-16-18(7-8)12-5-10(13(15)19)9-3-1-2-4-11(9)17-12/h1-7H,(H2,15,19). The number of pyridine rings is 1. The number of hydrogen-bond acceptors (Lipinski definition) is 3. The van der Waals surface area contributed by atoms with Gasteiger partial charge in [-0.05, 0) is 12.1 Å². The highest BCUT2D eigenvalue weighted by atomic mass is 35.5. The molecule has 0 saturated heterocycles. The fraction of sp³-hybridized carbons (Fsp3) is 0. The lowest BCUT2D eigenvalue weighted by Crippen LogP contribution is -2.12. The molecule has 0 aliphatic heterocycles. The van der Waals surface area contributed by atoms with Crippen molar-refractivity contribution in [3.8, 4) is 5.82 Å². The Labute approximate surface area is 119 Å². The van der Waals surface area contributed by atoms with E-state index in [9.17, 15) is 0 Å². The van der Waals surface area contributed by atoms with Gasteiger partial charge in [-0.2, -0.15) is 5.10 Å². The summed E-state index contributed by atoms with van der Waals surface area (Å²) in [6.07, 6.45) is 3.24. The maximum absolute atomic E-state index is 5.87. The van der Waals surface area contributed by atoms with Crippen LogP contribution in [0.4, 0.5) is 0 Å². The molecule has 2 aromatic heterocycles. The topological polar surface area (TPSA) is 56.7 Å². The van der Waals surface area contributed by atoms with Gasteiger partial charge in [-0.1, -0.05) is 42.0 Å². The lowest BCUT2D eigenvalue weighted by molar-refractivity contribution is 0.852. The second-order valence-corrected chi connectivity index (χ2v) is 4.89. The molecular weight excluding hydrogens is 280 g/mol. The van der Waals surface area contributed by atoms with Gasteiger partial charge in [-0.3, -0.25) is 0 Å². The highest BCUT2D eigenvalue weighted by Crippen LogP contribution is 2.20. The van der Waals surface area contributed by atoms with Crippen LogP contribution in [0, 0.1) is 0 Å². The zero-order chi connectivity index (χ0) is 13.4. The molecule has 4 nitrogen and oxygen atoms in total. The van der Waals surface area contributed by atoms with Crippen LogP contribution in [0.1, 0.15) is 5.56 Å². The number of halogens is 1. The lowest BCUT2D eigenvalue weighted by Gasteiger charge is -2.08. The summed E-state index contributed by atoms with van der Waals surface area (Å²) < 4.78 is 1.59. The third kappa shape index (κ3) is 2.18. The predicted molar refractivity (Wildman–Crippen MR) is 79.8 cm³/mol. The van der Waals surface area contributed by atoms with E-state index in [1.807, 2.05) is 30.3 Å². The second kappa shape index (κ2) is 4.60. The molecule has 19 heavy (non-hydrogen) atoms. The number of thiocarbonyl (C=S) groups is 1. The molecule has 2 heterocycles. The number of hydrogen-bond donors (Lipinski definition) is 1. The Kier molecular flexibility index (Phi) is 2.93. The molecule has 0 spiro atoms. The summed E-state index contributed by atoms with van der Waals surface area (Å²) in [5, 5.41) is 5.61. The Morgan fingerprint density at radius 2 is 2.11 bits per heavy atom. The van der Waals surface area contributed by atoms with Crippen molar-refractivity contribution in [2.45, 2.75) is 0 Å². The molecule has 0 fully saturated rings. The smallest absolute Gasteiger partial charge is 0.154 e. The van der Waals surface area contributed by atoms with Crippen molar-refractivity contribution in [1.29, 1.82) is 0 Å². The minimum Gasteiger partial charge on any atom is -0.389 e. The van der Waals surface area contributed by atoms with Gasteiger partial charge in [0.1, 0.15) is 4.99 Å². The third-order valence-electron chi connectivity index (χ3n) is 2.75. The highest BCUT2D eigenvalue weighted by Gasteiger charge is 2.09. The van der Waals surface area contributed by atoms with Gasteiger partial charge >= 0.3 is 0 Å². The minimum absolute atomic E-state index is 0.332. The van der Waals surface area contributed by atoms with E-state index in [0.29, 0.717) is 15.8 Å². The van der Waals surface area contributed by atoms with Gasteiger partial charge in [0.15, 0.2) is 5.82 Å². The fourth-order valence-electron chi connectivity index (χ4n) is 1.91. The van der Waals surface area contributed by atoms with Crippen molar-refractivity contribution in [2.75, 3.05) is 0 Å². The lowest BCUT2D eigenvalue weighted by atomic mass is 10.1. The molecule has 3 aromatic rings. The SMILES string of the molecule is NC(=S)c1cc(-n2cc(Cl)cn2)nc2ccccc12. The third-order valence-corrected chi connectivity index (χ3v) is 3.17. The maximum atomic E-state index is 5.87. The number of fused-ring (bicyclic) bond motifs is 1. The summed E-state index contributed by atoms with van der Waals surface area (Å²) in [5.41, 5.74) is 7.37. The zero-order valence-corrected chi connectivity index (χ0v) is 11.3. The molecule has 3 rings (SSSR count). The van der Waals surface area contributed by atoms with Crippen LogP contribution in [0.3, 0.4) is 0 Å². The van der Waals surface area contributed by atoms with Gasteiger partial charge in [0.2, 0.25) is 0 Å². The van der Waals surface area contributed by atoms with Crippen molar-refractivity contribution < 1.29 is 0 Å². The Morgan fingerprint density at radius 3 is 2.79 bits per heavy atom. The van der Waals surface area contributed by atoms with Crippen LogP contribution in [0.5, 0.6) is 0 Å². The van der Waals surface area contributed by atoms with E-state index < -0.39 is 0 Å². The van der Waals surface area contributed by atoms with Gasteiger partial charge in [0.05, 0.1) is 22.9 Å². The summed E-state index contributed by atoms with van der Waals surface area (Å²) in [4.78, 5) is 4.86. The van der Waals surface area contributed by atoms with E-state index in [1.165, 1.54) is 0 Å². The number of benzene rings is 1. The van der Waals surface area contributed by atoms with Crippen molar-refractivity contribution in [1.82, 2.24) is 14.8 Å². The van der Waals surface area contributed by atoms with Crippen LogP contribution in [0.15, 0.2) is 42.7 Å². The average Bonchev–Trinajstić information content (AvgIpc) is 2.84. The summed E-state index contributed by atoms with van der Waals surface area (Å²) >= 11 is 11.0. The van der Waals surface area contributed by atoms with Gasteiger partial charge in [0.25, 0.3) is 0 Å². The molecule has 0 aliphatic rings. The van der Waals surface area contributed by atoms with E-state index in [4.69, 9.17) is 29.6 Å². The van der Waals surface area contributed by atoms with Gasteiger partial charge < -0.3 is 5.73 Å². The molecule has 2 N–H and O–H groups in total. The van der Waals surface area contributed by atoms with Crippen molar-refractivity contribution >= 4 is 39.7 Å². The highest BCUT2D eigenvalue weighted by molar-refractivity contribution is 7.80. The molecule has 94 valence electrons. The molecule has 6 heteroatoms. The number of aromatic nitrogens is 3. The predicted octanol–water partition coefficient (Wildman–Crippen LogP) is 2.71. The van der Waals surface area contributed by atoms with Crippen LogP contribution < -0.4 is 5.73 Å². The fourth-order valence-corrected chi connectivity index (χ4v) is 2.21. The molecule has 0 amide bonds.